The Bertz CT molecular complexity index is 1370. The van der Waals surface area contributed by atoms with Crippen LogP contribution >= 0.6 is 0 Å². The Morgan fingerprint density at radius 2 is 1.79 bits per heavy atom. The number of aliphatic hydroxyl groups excluding tert-OH is 1. The summed E-state index contributed by atoms with van der Waals surface area (Å²) < 4.78 is 76.3. The van der Waals surface area contributed by atoms with Crippen LogP contribution in [0.5, 0.6) is 11.5 Å². The van der Waals surface area contributed by atoms with Crippen molar-refractivity contribution < 1.29 is 36.6 Å². The first-order valence-corrected chi connectivity index (χ1v) is 12.5. The molecule has 2 N–H and O–H groups in total. The van der Waals surface area contributed by atoms with E-state index in [0.717, 1.165) is 18.2 Å². The van der Waals surface area contributed by atoms with Crippen LogP contribution in [0.15, 0.2) is 48.5 Å². The molecule has 1 fully saturated rings. The highest BCUT2D eigenvalue weighted by atomic mass is 19.4. The lowest BCUT2D eigenvalue weighted by molar-refractivity contribution is -0.138. The van der Waals surface area contributed by atoms with Gasteiger partial charge in [0.25, 0.3) is 5.91 Å². The van der Waals surface area contributed by atoms with Crippen molar-refractivity contribution in [2.45, 2.75) is 44.3 Å². The molecule has 1 aliphatic carbocycles. The molecular weight excluding hydrogens is 519 g/mol. The van der Waals surface area contributed by atoms with Gasteiger partial charge in [-0.15, -0.1) is 0 Å². The zero-order valence-electron chi connectivity index (χ0n) is 21.7. The van der Waals surface area contributed by atoms with Crippen molar-refractivity contribution in [1.82, 2.24) is 4.90 Å². The number of hydrogen-bond acceptors (Lipinski definition) is 4. The van der Waals surface area contributed by atoms with Gasteiger partial charge in [0.1, 0.15) is 23.1 Å². The number of benzene rings is 3. The van der Waals surface area contributed by atoms with Gasteiger partial charge in [-0.1, -0.05) is 0 Å². The molecule has 0 heterocycles. The summed E-state index contributed by atoms with van der Waals surface area (Å²) in [5.74, 6) is -2.17. The molecule has 4 rings (SSSR count). The Balaban J connectivity index is 1.76. The number of aliphatic hydroxyl groups is 1. The van der Waals surface area contributed by atoms with E-state index in [0.29, 0.717) is 18.4 Å². The molecule has 0 bridgehead atoms. The van der Waals surface area contributed by atoms with Gasteiger partial charge in [-0.05, 0) is 106 Å². The van der Waals surface area contributed by atoms with E-state index in [1.165, 1.54) is 30.3 Å². The summed E-state index contributed by atoms with van der Waals surface area (Å²) >= 11 is 0. The van der Waals surface area contributed by atoms with Crippen molar-refractivity contribution in [2.75, 3.05) is 26.0 Å². The summed E-state index contributed by atoms with van der Waals surface area (Å²) in [5.41, 5.74) is -0.489. The van der Waals surface area contributed by atoms with Crippen LogP contribution in [0.2, 0.25) is 0 Å². The van der Waals surface area contributed by atoms with E-state index in [9.17, 15) is 31.9 Å². The van der Waals surface area contributed by atoms with E-state index in [1.807, 2.05) is 0 Å². The number of ether oxygens (including phenoxy) is 1. The van der Waals surface area contributed by atoms with Crippen LogP contribution in [0.25, 0.3) is 0 Å². The van der Waals surface area contributed by atoms with Crippen LogP contribution in [0.1, 0.15) is 63.8 Å². The summed E-state index contributed by atoms with van der Waals surface area (Å²) in [4.78, 5) is 15.1. The van der Waals surface area contributed by atoms with Crippen molar-refractivity contribution in [1.29, 1.82) is 0 Å². The van der Waals surface area contributed by atoms with Crippen molar-refractivity contribution in [3.8, 4) is 11.5 Å². The van der Waals surface area contributed by atoms with Gasteiger partial charge < -0.3 is 20.1 Å². The summed E-state index contributed by atoms with van der Waals surface area (Å²) in [6, 6.07) is 9.06. The van der Waals surface area contributed by atoms with Crippen LogP contribution < -0.4 is 10.1 Å². The third kappa shape index (κ3) is 6.57. The number of amides is 1. The van der Waals surface area contributed by atoms with E-state index >= 15 is 0 Å². The molecule has 0 aliphatic heterocycles. The Kier molecular flexibility index (Phi) is 8.27. The minimum atomic E-state index is -4.70. The van der Waals surface area contributed by atoms with E-state index in [4.69, 9.17) is 4.74 Å². The van der Waals surface area contributed by atoms with E-state index < -0.39 is 35.3 Å². The number of rotatable bonds is 9. The highest BCUT2D eigenvalue weighted by Gasteiger charge is 2.40. The van der Waals surface area contributed by atoms with Gasteiger partial charge in [-0.3, -0.25) is 4.79 Å². The van der Waals surface area contributed by atoms with E-state index in [1.54, 1.807) is 25.9 Å². The summed E-state index contributed by atoms with van der Waals surface area (Å²) in [6.07, 6.45) is -3.30. The zero-order chi connectivity index (χ0) is 28.5. The van der Waals surface area contributed by atoms with Crippen LogP contribution in [0.3, 0.4) is 0 Å². The van der Waals surface area contributed by atoms with Crippen LogP contribution in [-0.4, -0.2) is 36.6 Å². The highest BCUT2D eigenvalue weighted by Crippen LogP contribution is 2.48. The minimum absolute atomic E-state index is 0.0377. The smallest absolute Gasteiger partial charge is 0.416 e. The van der Waals surface area contributed by atoms with Crippen LogP contribution in [-0.2, 0) is 6.18 Å². The normalized spacial score (nSPS) is 14.4. The number of carbonyl (C=O) groups is 1. The van der Waals surface area contributed by atoms with Crippen molar-refractivity contribution in [2.24, 2.45) is 0 Å². The lowest BCUT2D eigenvalue weighted by Crippen LogP contribution is -2.22. The molecule has 1 unspecified atom stereocenters. The van der Waals surface area contributed by atoms with Crippen LogP contribution in [0, 0.1) is 18.6 Å². The average Bonchev–Trinajstić information content (AvgIpc) is 3.70. The fourth-order valence-electron chi connectivity index (χ4n) is 4.57. The Labute approximate surface area is 223 Å². The topological polar surface area (TPSA) is 61.8 Å². The maximum absolute atomic E-state index is 14.7. The molecule has 0 radical (unpaired) electrons. The number of aryl methyl sites for hydroxylation is 1. The standard InChI is InChI=1S/C29H29F5N2O3/c1-16-12-18(30)6-9-26(16)39-27-15-20(17-4-5-17)23(29(32,33)34)14-22(27)28(38)35-19-7-8-24(31)21(13-19)25(10-11-37)36(2)3/h6-9,12-15,17,25,37H,4-5,10-11H2,1-3H3,(H,35,38). The third-order valence-electron chi connectivity index (χ3n) is 6.71. The summed E-state index contributed by atoms with van der Waals surface area (Å²) in [6.45, 7) is 1.38. The molecule has 10 heteroatoms. The number of nitrogens with one attached hydrogen (secondary N) is 1. The first-order valence-electron chi connectivity index (χ1n) is 12.5. The summed E-state index contributed by atoms with van der Waals surface area (Å²) in [7, 11) is 3.43. The van der Waals surface area contributed by atoms with Crippen molar-refractivity contribution in [3.05, 3.63) is 88.0 Å². The number of alkyl halides is 3. The molecule has 1 atom stereocenters. The second-order valence-electron chi connectivity index (χ2n) is 9.90. The Morgan fingerprint density at radius 3 is 2.38 bits per heavy atom. The van der Waals surface area contributed by atoms with Gasteiger partial charge in [0, 0.05) is 23.9 Å². The molecule has 3 aromatic rings. The first kappa shape index (κ1) is 28.5. The van der Waals surface area contributed by atoms with E-state index in [2.05, 4.69) is 5.32 Å². The molecule has 3 aromatic carbocycles. The zero-order valence-corrected chi connectivity index (χ0v) is 21.7. The van der Waals surface area contributed by atoms with Gasteiger partial charge in [-0.2, -0.15) is 13.2 Å². The number of anilines is 1. The van der Waals surface area contributed by atoms with E-state index in [-0.39, 0.29) is 52.8 Å². The fourth-order valence-corrected chi connectivity index (χ4v) is 4.57. The second-order valence-corrected chi connectivity index (χ2v) is 9.90. The lowest BCUT2D eigenvalue weighted by Gasteiger charge is -2.25. The predicted molar refractivity (Wildman–Crippen MR) is 137 cm³/mol. The maximum atomic E-state index is 14.7. The fraction of sp³-hybridized carbons (Fsp3) is 0.345. The molecule has 1 aliphatic rings. The van der Waals surface area contributed by atoms with Crippen LogP contribution in [0.4, 0.5) is 27.6 Å². The van der Waals surface area contributed by atoms with Crippen molar-refractivity contribution >= 4 is 11.6 Å². The van der Waals surface area contributed by atoms with Gasteiger partial charge >= 0.3 is 6.18 Å². The molecule has 208 valence electrons. The maximum Gasteiger partial charge on any atom is 0.416 e. The number of halogens is 5. The molecular formula is C29H29F5N2O3. The predicted octanol–water partition coefficient (Wildman–Crippen LogP) is 7.20. The number of nitrogens with zero attached hydrogens (tertiary/aromatic N) is 1. The molecule has 0 saturated heterocycles. The third-order valence-corrected chi connectivity index (χ3v) is 6.71. The summed E-state index contributed by atoms with van der Waals surface area (Å²) in [5, 5.41) is 12.0. The molecule has 0 spiro atoms. The molecule has 5 nitrogen and oxygen atoms in total. The minimum Gasteiger partial charge on any atom is -0.456 e. The molecule has 0 aromatic heterocycles. The Morgan fingerprint density at radius 1 is 1.08 bits per heavy atom. The highest BCUT2D eigenvalue weighted by molar-refractivity contribution is 6.06. The van der Waals surface area contributed by atoms with Gasteiger partial charge in [0.15, 0.2) is 0 Å². The second kappa shape index (κ2) is 11.3. The SMILES string of the molecule is Cc1cc(F)ccc1Oc1cc(C2CC2)c(C(F)(F)F)cc1C(=O)Nc1ccc(F)c(C(CCO)N(C)C)c1. The van der Waals surface area contributed by atoms with Gasteiger partial charge in [-0.25, -0.2) is 8.78 Å². The number of carbonyl (C=O) groups excluding carboxylic acids is 1. The quantitative estimate of drug-likeness (QED) is 0.278. The average molecular weight is 549 g/mol. The molecule has 39 heavy (non-hydrogen) atoms. The van der Waals surface area contributed by atoms with Gasteiger partial charge in [0.05, 0.1) is 11.1 Å². The van der Waals surface area contributed by atoms with Crippen molar-refractivity contribution in [3.63, 3.8) is 0 Å². The number of hydrogen-bond donors (Lipinski definition) is 2. The Hall–Kier alpha value is -3.50. The lowest BCUT2D eigenvalue weighted by atomic mass is 9.98. The largest absolute Gasteiger partial charge is 0.456 e. The molecule has 1 amide bonds. The first-order chi connectivity index (χ1) is 18.4. The molecule has 1 saturated carbocycles. The monoisotopic (exact) mass is 548 g/mol. The van der Waals surface area contributed by atoms with Gasteiger partial charge in [0.2, 0.25) is 0 Å².